The van der Waals surface area contributed by atoms with Gasteiger partial charge in [-0.2, -0.15) is 0 Å². The number of carbonyl (C=O) groups excluding carboxylic acids is 1. The maximum Gasteiger partial charge on any atom is 0.305 e. The number of fused-ring (bicyclic) bond motifs is 1. The number of aliphatic carboxylic acids is 1. The number of nitrogens with zero attached hydrogens (tertiary/aromatic N) is 2. The molecular weight excluding hydrogens is 487 g/mol. The predicted molar refractivity (Wildman–Crippen MR) is 147 cm³/mol. The molecule has 0 unspecified atom stereocenters. The summed E-state index contributed by atoms with van der Waals surface area (Å²) < 4.78 is 16.9. The second kappa shape index (κ2) is 14.3. The van der Waals surface area contributed by atoms with Gasteiger partial charge in [0.2, 0.25) is 5.43 Å². The molecule has 2 heterocycles. The minimum Gasteiger partial charge on any atom is -0.481 e. The first-order valence-corrected chi connectivity index (χ1v) is 13.4. The van der Waals surface area contributed by atoms with Crippen molar-refractivity contribution >= 4 is 28.5 Å². The van der Waals surface area contributed by atoms with E-state index in [0.29, 0.717) is 11.2 Å². The third-order valence-electron chi connectivity index (χ3n) is 6.86. The summed E-state index contributed by atoms with van der Waals surface area (Å²) in [4.78, 5) is 40.2. The number of nitrogens with one attached hydrogen (secondary N) is 2. The Morgan fingerprint density at radius 3 is 2.34 bits per heavy atom. The van der Waals surface area contributed by atoms with E-state index in [-0.39, 0.29) is 36.0 Å². The summed E-state index contributed by atoms with van der Waals surface area (Å²) in [6, 6.07) is 8.85. The molecule has 0 radical (unpaired) electrons. The summed E-state index contributed by atoms with van der Waals surface area (Å²) in [7, 11) is 0. The van der Waals surface area contributed by atoms with E-state index in [1.807, 2.05) is 36.6 Å². The first kappa shape index (κ1) is 28.8. The molecule has 0 atom stereocenters. The average molecular weight is 525 g/mol. The SMILES string of the molecule is CCC(CC)n1cc(C(=O)NCCC(=O)O)c(=O)c2cc(F)c(NC3CCCCC3)cc21.c1ccncc1. The van der Waals surface area contributed by atoms with Crippen LogP contribution in [0.2, 0.25) is 0 Å². The van der Waals surface area contributed by atoms with Crippen LogP contribution in [0.4, 0.5) is 10.1 Å². The third kappa shape index (κ3) is 7.63. The number of rotatable bonds is 9. The molecule has 1 fully saturated rings. The maximum absolute atomic E-state index is 15.0. The van der Waals surface area contributed by atoms with Crippen LogP contribution in [0.5, 0.6) is 0 Å². The highest BCUT2D eigenvalue weighted by atomic mass is 19.1. The van der Waals surface area contributed by atoms with E-state index >= 15 is 0 Å². The van der Waals surface area contributed by atoms with Gasteiger partial charge in [0.1, 0.15) is 11.4 Å². The molecule has 3 N–H and O–H groups in total. The van der Waals surface area contributed by atoms with Gasteiger partial charge in [-0.05, 0) is 49.9 Å². The van der Waals surface area contributed by atoms with Gasteiger partial charge >= 0.3 is 5.97 Å². The van der Waals surface area contributed by atoms with E-state index in [2.05, 4.69) is 15.6 Å². The molecule has 0 aliphatic heterocycles. The number of amides is 1. The van der Waals surface area contributed by atoms with Gasteiger partial charge in [-0.15, -0.1) is 0 Å². The molecule has 204 valence electrons. The van der Waals surface area contributed by atoms with E-state index in [9.17, 15) is 18.8 Å². The molecule has 38 heavy (non-hydrogen) atoms. The van der Waals surface area contributed by atoms with Crippen molar-refractivity contribution in [1.82, 2.24) is 14.9 Å². The van der Waals surface area contributed by atoms with Crippen molar-refractivity contribution in [3.05, 3.63) is 70.5 Å². The first-order valence-electron chi connectivity index (χ1n) is 13.4. The quantitative estimate of drug-likeness (QED) is 0.339. The van der Waals surface area contributed by atoms with Crippen LogP contribution in [0.1, 0.15) is 81.6 Å². The van der Waals surface area contributed by atoms with E-state index in [0.717, 1.165) is 38.5 Å². The highest BCUT2D eigenvalue weighted by Crippen LogP contribution is 2.29. The second-order valence-electron chi connectivity index (χ2n) is 9.50. The molecule has 4 rings (SSSR count). The number of aromatic nitrogens is 2. The molecule has 1 aromatic carbocycles. The van der Waals surface area contributed by atoms with Crippen LogP contribution in [0.15, 0.2) is 53.7 Å². The molecule has 8 nitrogen and oxygen atoms in total. The Morgan fingerprint density at radius 2 is 1.79 bits per heavy atom. The van der Waals surface area contributed by atoms with Crippen LogP contribution in [-0.2, 0) is 4.79 Å². The Balaban J connectivity index is 0.000000585. The van der Waals surface area contributed by atoms with Crippen molar-refractivity contribution in [3.63, 3.8) is 0 Å². The lowest BCUT2D eigenvalue weighted by Gasteiger charge is -2.25. The van der Waals surface area contributed by atoms with Crippen molar-refractivity contribution in [2.24, 2.45) is 0 Å². The van der Waals surface area contributed by atoms with Crippen molar-refractivity contribution in [2.45, 2.75) is 77.3 Å². The molecule has 0 bridgehead atoms. The number of pyridine rings is 2. The fourth-order valence-corrected chi connectivity index (χ4v) is 4.78. The Hall–Kier alpha value is -3.75. The lowest BCUT2D eigenvalue weighted by Crippen LogP contribution is -2.32. The zero-order chi connectivity index (χ0) is 27.5. The highest BCUT2D eigenvalue weighted by Gasteiger charge is 2.21. The molecule has 1 aliphatic rings. The van der Waals surface area contributed by atoms with Crippen molar-refractivity contribution in [1.29, 1.82) is 0 Å². The van der Waals surface area contributed by atoms with Crippen molar-refractivity contribution < 1.29 is 19.1 Å². The number of hydrogen-bond acceptors (Lipinski definition) is 5. The van der Waals surface area contributed by atoms with E-state index in [4.69, 9.17) is 5.11 Å². The van der Waals surface area contributed by atoms with Crippen LogP contribution >= 0.6 is 0 Å². The Bertz CT molecular complexity index is 1240. The van der Waals surface area contributed by atoms with Gasteiger partial charge in [-0.25, -0.2) is 4.39 Å². The minimum atomic E-state index is -1.04. The summed E-state index contributed by atoms with van der Waals surface area (Å²) in [6.45, 7) is 3.96. The normalized spacial score (nSPS) is 13.6. The van der Waals surface area contributed by atoms with Crippen LogP contribution < -0.4 is 16.1 Å². The number of benzene rings is 1. The predicted octanol–water partition coefficient (Wildman–Crippen LogP) is 5.53. The molecule has 1 amide bonds. The molecule has 1 saturated carbocycles. The van der Waals surface area contributed by atoms with Gasteiger partial charge < -0.3 is 20.3 Å². The molecule has 1 aliphatic carbocycles. The van der Waals surface area contributed by atoms with Crippen LogP contribution in [-0.4, -0.2) is 39.1 Å². The molecule has 3 aromatic rings. The number of carboxylic acids is 1. The van der Waals surface area contributed by atoms with Crippen molar-refractivity contribution in [3.8, 4) is 0 Å². The maximum atomic E-state index is 15.0. The molecule has 2 aromatic heterocycles. The highest BCUT2D eigenvalue weighted by molar-refractivity contribution is 5.98. The lowest BCUT2D eigenvalue weighted by atomic mass is 9.95. The Labute approximate surface area is 222 Å². The fraction of sp³-hybridized carbons (Fsp3) is 0.448. The van der Waals surface area contributed by atoms with Crippen molar-refractivity contribution in [2.75, 3.05) is 11.9 Å². The lowest BCUT2D eigenvalue weighted by molar-refractivity contribution is -0.136. The van der Waals surface area contributed by atoms with Gasteiger partial charge in [-0.1, -0.05) is 39.2 Å². The third-order valence-corrected chi connectivity index (χ3v) is 6.86. The van der Waals surface area contributed by atoms with Crippen LogP contribution in [0.3, 0.4) is 0 Å². The van der Waals surface area contributed by atoms with Gasteiger partial charge in [0.05, 0.1) is 17.6 Å². The standard InChI is InChI=1S/C24H32FN3O4.C5H5N/c1-3-16(4-2)28-14-18(24(32)26-11-10-22(29)30)23(31)17-12-19(25)20(13-21(17)28)27-15-8-6-5-7-9-15;1-2-4-6-5-3-1/h12-16,27H,3-11H2,1-2H3,(H,26,32)(H,29,30);1-5H. The van der Waals surface area contributed by atoms with E-state index < -0.39 is 23.1 Å². The summed E-state index contributed by atoms with van der Waals surface area (Å²) >= 11 is 0. The smallest absolute Gasteiger partial charge is 0.305 e. The van der Waals surface area contributed by atoms with Crippen LogP contribution in [0.25, 0.3) is 10.9 Å². The van der Waals surface area contributed by atoms with E-state index in [1.165, 1.54) is 18.7 Å². The zero-order valence-corrected chi connectivity index (χ0v) is 22.1. The minimum absolute atomic E-state index is 0.0247. The Morgan fingerprint density at radius 1 is 1.11 bits per heavy atom. The first-order chi connectivity index (χ1) is 18.3. The number of carboxylic acid groups (broad SMARTS) is 1. The summed E-state index contributed by atoms with van der Waals surface area (Å²) in [5.41, 5.74) is 0.299. The number of hydrogen-bond donors (Lipinski definition) is 3. The average Bonchev–Trinajstić information content (AvgIpc) is 2.93. The summed E-state index contributed by atoms with van der Waals surface area (Å²) in [5.74, 6) is -2.21. The molecular formula is C29H37FN4O4. The zero-order valence-electron chi connectivity index (χ0n) is 22.1. The molecule has 0 saturated heterocycles. The van der Waals surface area contributed by atoms with Gasteiger partial charge in [0.15, 0.2) is 0 Å². The Kier molecular flexibility index (Phi) is 10.8. The summed E-state index contributed by atoms with van der Waals surface area (Å²) in [5, 5.41) is 14.7. The topological polar surface area (TPSA) is 113 Å². The largest absolute Gasteiger partial charge is 0.481 e. The second-order valence-corrected chi connectivity index (χ2v) is 9.50. The monoisotopic (exact) mass is 524 g/mol. The number of halogens is 1. The van der Waals surface area contributed by atoms with Gasteiger partial charge in [0.25, 0.3) is 5.91 Å². The molecule has 9 heteroatoms. The van der Waals surface area contributed by atoms with E-state index in [1.54, 1.807) is 18.5 Å². The fourth-order valence-electron chi connectivity index (χ4n) is 4.78. The summed E-state index contributed by atoms with van der Waals surface area (Å²) in [6.07, 6.45) is 11.8. The number of carbonyl (C=O) groups is 2. The molecule has 0 spiro atoms. The van der Waals surface area contributed by atoms with Gasteiger partial charge in [0, 0.05) is 42.6 Å². The van der Waals surface area contributed by atoms with Gasteiger partial charge in [-0.3, -0.25) is 19.4 Å². The van der Waals surface area contributed by atoms with Crippen LogP contribution in [0, 0.1) is 5.82 Å². The number of anilines is 1.